The van der Waals surface area contributed by atoms with Gasteiger partial charge in [-0.25, -0.2) is 0 Å². The van der Waals surface area contributed by atoms with Crippen molar-refractivity contribution in [2.45, 2.75) is 31.1 Å². The van der Waals surface area contributed by atoms with Crippen molar-refractivity contribution in [3.63, 3.8) is 0 Å². The Balaban J connectivity index is 1.50. The minimum Gasteiger partial charge on any atom is -0.483 e. The molecule has 0 saturated carbocycles. The van der Waals surface area contributed by atoms with Crippen LogP contribution in [0.4, 0.5) is 0 Å². The summed E-state index contributed by atoms with van der Waals surface area (Å²) in [5.74, 6) is 1.47. The molecule has 2 unspecified atom stereocenters. The molecule has 4 aromatic rings. The van der Waals surface area contributed by atoms with Crippen molar-refractivity contribution in [3.8, 4) is 11.4 Å². The van der Waals surface area contributed by atoms with Gasteiger partial charge in [-0.05, 0) is 55.8 Å². The van der Waals surface area contributed by atoms with Crippen LogP contribution in [-0.2, 0) is 4.79 Å². The Morgan fingerprint density at radius 2 is 1.62 bits per heavy atom. The van der Waals surface area contributed by atoms with Crippen molar-refractivity contribution in [3.05, 3.63) is 101 Å². The summed E-state index contributed by atoms with van der Waals surface area (Å²) in [6.07, 6.45) is -0.379. The van der Waals surface area contributed by atoms with Gasteiger partial charge in [0.15, 0.2) is 17.1 Å². The molecular formula is C26H25ClN4O2S. The predicted octanol–water partition coefficient (Wildman–Crippen LogP) is 6.03. The first-order chi connectivity index (χ1) is 16.5. The number of carbonyl (C=O) groups is 1. The van der Waals surface area contributed by atoms with Crippen LogP contribution in [0.3, 0.4) is 0 Å². The number of rotatable bonds is 9. The van der Waals surface area contributed by atoms with E-state index in [4.69, 9.17) is 16.3 Å². The standard InChI is InChI=1S/C26H25ClN4O2S/c1-18(20-9-5-3-6-10-20)28-24(32)17-34-26-30-29-25(31(26)22-11-7-4-8-12-22)19(2)33-23-15-13-21(27)14-16-23/h3-16,18-19H,17H2,1-2H3,(H,28,32). The third-order valence-electron chi connectivity index (χ3n) is 5.17. The molecule has 34 heavy (non-hydrogen) atoms. The molecule has 0 saturated heterocycles. The van der Waals surface area contributed by atoms with Crippen molar-refractivity contribution in [1.82, 2.24) is 20.1 Å². The van der Waals surface area contributed by atoms with E-state index in [2.05, 4.69) is 15.5 Å². The Kier molecular flexibility index (Phi) is 7.87. The molecule has 1 amide bonds. The zero-order valence-corrected chi connectivity index (χ0v) is 20.5. The Labute approximate surface area is 208 Å². The van der Waals surface area contributed by atoms with Gasteiger partial charge in [-0.1, -0.05) is 71.9 Å². The van der Waals surface area contributed by atoms with Crippen molar-refractivity contribution < 1.29 is 9.53 Å². The largest absolute Gasteiger partial charge is 0.483 e. The highest BCUT2D eigenvalue weighted by Crippen LogP contribution is 2.28. The number of nitrogens with zero attached hydrogens (tertiary/aromatic N) is 3. The second kappa shape index (κ2) is 11.2. The molecular weight excluding hydrogens is 468 g/mol. The lowest BCUT2D eigenvalue weighted by atomic mass is 10.1. The smallest absolute Gasteiger partial charge is 0.230 e. The number of ether oxygens (including phenoxy) is 1. The Hall–Kier alpha value is -3.29. The zero-order valence-electron chi connectivity index (χ0n) is 18.9. The summed E-state index contributed by atoms with van der Waals surface area (Å²) in [5.41, 5.74) is 1.96. The highest BCUT2D eigenvalue weighted by Gasteiger charge is 2.22. The number of thioether (sulfide) groups is 1. The average Bonchev–Trinajstić information content (AvgIpc) is 3.29. The van der Waals surface area contributed by atoms with Gasteiger partial charge in [-0.15, -0.1) is 10.2 Å². The van der Waals surface area contributed by atoms with E-state index in [-0.39, 0.29) is 23.8 Å². The van der Waals surface area contributed by atoms with Gasteiger partial charge in [-0.3, -0.25) is 9.36 Å². The molecule has 0 radical (unpaired) electrons. The van der Waals surface area contributed by atoms with Gasteiger partial charge in [0, 0.05) is 10.7 Å². The average molecular weight is 493 g/mol. The molecule has 1 heterocycles. The van der Waals surface area contributed by atoms with E-state index in [0.717, 1.165) is 11.3 Å². The van der Waals surface area contributed by atoms with Crippen molar-refractivity contribution in [2.24, 2.45) is 0 Å². The maximum absolute atomic E-state index is 12.6. The molecule has 4 rings (SSSR count). The van der Waals surface area contributed by atoms with Crippen LogP contribution in [-0.4, -0.2) is 26.4 Å². The fourth-order valence-electron chi connectivity index (χ4n) is 3.47. The van der Waals surface area contributed by atoms with Gasteiger partial charge < -0.3 is 10.1 Å². The highest BCUT2D eigenvalue weighted by atomic mass is 35.5. The van der Waals surface area contributed by atoms with Crippen molar-refractivity contribution in [2.75, 3.05) is 5.75 Å². The molecule has 0 aliphatic rings. The minimum absolute atomic E-state index is 0.0732. The van der Waals surface area contributed by atoms with Crippen LogP contribution in [0.15, 0.2) is 90.1 Å². The third-order valence-corrected chi connectivity index (χ3v) is 6.35. The predicted molar refractivity (Wildman–Crippen MR) is 136 cm³/mol. The molecule has 1 aromatic heterocycles. The summed E-state index contributed by atoms with van der Waals surface area (Å²) in [7, 11) is 0. The Morgan fingerprint density at radius 3 is 2.29 bits per heavy atom. The quantitative estimate of drug-likeness (QED) is 0.289. The number of para-hydroxylation sites is 1. The molecule has 3 aromatic carbocycles. The SMILES string of the molecule is CC(NC(=O)CSc1nnc(C(C)Oc2ccc(Cl)cc2)n1-c1ccccc1)c1ccccc1. The summed E-state index contributed by atoms with van der Waals surface area (Å²) in [6, 6.07) is 26.8. The van der Waals surface area contributed by atoms with Gasteiger partial charge in [0.2, 0.25) is 5.91 Å². The fourth-order valence-corrected chi connectivity index (χ4v) is 4.36. The maximum Gasteiger partial charge on any atom is 0.230 e. The second-order valence-electron chi connectivity index (χ2n) is 7.71. The molecule has 8 heteroatoms. The topological polar surface area (TPSA) is 69.0 Å². The number of halogens is 1. The summed E-state index contributed by atoms with van der Waals surface area (Å²) in [4.78, 5) is 12.6. The summed E-state index contributed by atoms with van der Waals surface area (Å²) in [6.45, 7) is 3.89. The lowest BCUT2D eigenvalue weighted by molar-refractivity contribution is -0.119. The van der Waals surface area contributed by atoms with Crippen LogP contribution in [0.2, 0.25) is 5.02 Å². The van der Waals surface area contributed by atoms with Gasteiger partial charge in [0.25, 0.3) is 0 Å². The number of hydrogen-bond donors (Lipinski definition) is 1. The lowest BCUT2D eigenvalue weighted by Gasteiger charge is -2.17. The van der Waals surface area contributed by atoms with Crippen LogP contribution in [0.25, 0.3) is 5.69 Å². The van der Waals surface area contributed by atoms with E-state index in [1.165, 1.54) is 11.8 Å². The van der Waals surface area contributed by atoms with E-state index in [1.807, 2.05) is 91.2 Å². The Morgan fingerprint density at radius 1 is 0.971 bits per heavy atom. The zero-order chi connectivity index (χ0) is 23.9. The molecule has 6 nitrogen and oxygen atoms in total. The molecule has 174 valence electrons. The minimum atomic E-state index is -0.379. The van der Waals surface area contributed by atoms with Crippen molar-refractivity contribution in [1.29, 1.82) is 0 Å². The van der Waals surface area contributed by atoms with Gasteiger partial charge in [0.05, 0.1) is 11.8 Å². The van der Waals surface area contributed by atoms with Crippen LogP contribution in [0.5, 0.6) is 5.75 Å². The van der Waals surface area contributed by atoms with Crippen LogP contribution >= 0.6 is 23.4 Å². The van der Waals surface area contributed by atoms with E-state index >= 15 is 0 Å². The summed E-state index contributed by atoms with van der Waals surface area (Å²) >= 11 is 7.32. The van der Waals surface area contributed by atoms with Crippen LogP contribution < -0.4 is 10.1 Å². The van der Waals surface area contributed by atoms with E-state index in [9.17, 15) is 4.79 Å². The monoisotopic (exact) mass is 492 g/mol. The molecule has 0 fully saturated rings. The Bertz CT molecular complexity index is 1220. The summed E-state index contributed by atoms with van der Waals surface area (Å²) < 4.78 is 8.02. The van der Waals surface area contributed by atoms with Gasteiger partial charge >= 0.3 is 0 Å². The normalized spacial score (nSPS) is 12.7. The number of amides is 1. The van der Waals surface area contributed by atoms with Gasteiger partial charge in [-0.2, -0.15) is 0 Å². The second-order valence-corrected chi connectivity index (χ2v) is 9.09. The number of aromatic nitrogens is 3. The lowest BCUT2D eigenvalue weighted by Crippen LogP contribution is -2.28. The highest BCUT2D eigenvalue weighted by molar-refractivity contribution is 7.99. The van der Waals surface area contributed by atoms with E-state index < -0.39 is 0 Å². The van der Waals surface area contributed by atoms with Gasteiger partial charge in [0.1, 0.15) is 5.75 Å². The molecule has 0 spiro atoms. The number of nitrogens with one attached hydrogen (secondary N) is 1. The first kappa shape index (κ1) is 23.9. The number of hydrogen-bond acceptors (Lipinski definition) is 5. The van der Waals surface area contributed by atoms with Crippen LogP contribution in [0, 0.1) is 0 Å². The van der Waals surface area contributed by atoms with E-state index in [0.29, 0.717) is 21.8 Å². The molecule has 0 bridgehead atoms. The van der Waals surface area contributed by atoms with E-state index in [1.54, 1.807) is 12.1 Å². The van der Waals surface area contributed by atoms with Crippen molar-refractivity contribution >= 4 is 29.3 Å². The summed E-state index contributed by atoms with van der Waals surface area (Å²) in [5, 5.41) is 13.1. The number of benzene rings is 3. The first-order valence-electron chi connectivity index (χ1n) is 10.9. The molecule has 2 atom stereocenters. The maximum atomic E-state index is 12.6. The fraction of sp³-hybridized carbons (Fsp3) is 0.192. The van der Waals surface area contributed by atoms with Crippen LogP contribution in [0.1, 0.15) is 37.4 Å². The molecule has 1 N–H and O–H groups in total. The molecule has 0 aliphatic carbocycles. The number of carbonyl (C=O) groups excluding carboxylic acids is 1. The molecule has 0 aliphatic heterocycles. The third kappa shape index (κ3) is 5.98. The first-order valence-corrected chi connectivity index (χ1v) is 12.3.